The maximum Gasteiger partial charge on any atom is 0.269 e. The van der Waals surface area contributed by atoms with Crippen LogP contribution >= 0.6 is 23.2 Å². The first kappa shape index (κ1) is 18.0. The van der Waals surface area contributed by atoms with Gasteiger partial charge in [0.2, 0.25) is 0 Å². The van der Waals surface area contributed by atoms with Gasteiger partial charge >= 0.3 is 0 Å². The Morgan fingerprint density at radius 3 is 2.33 bits per heavy atom. The van der Waals surface area contributed by atoms with Crippen molar-refractivity contribution in [3.8, 4) is 0 Å². The summed E-state index contributed by atoms with van der Waals surface area (Å²) in [5.41, 5.74) is 7.01. The van der Waals surface area contributed by atoms with Crippen molar-refractivity contribution in [2.45, 2.75) is 13.3 Å². The maximum atomic E-state index is 11.9. The molecule has 0 aliphatic heterocycles. The minimum absolute atomic E-state index is 0.381. The van der Waals surface area contributed by atoms with Gasteiger partial charge in [0.05, 0.1) is 10.0 Å². The lowest BCUT2D eigenvalue weighted by Gasteiger charge is -2.06. The number of carbonyl (C=O) groups excluding carboxylic acids is 2. The van der Waals surface area contributed by atoms with Crippen LogP contribution in [0.3, 0.4) is 0 Å². The van der Waals surface area contributed by atoms with Crippen LogP contribution in [-0.4, -0.2) is 11.8 Å². The molecule has 0 atom stereocenters. The number of amides is 2. The zero-order valence-corrected chi connectivity index (χ0v) is 14.5. The summed E-state index contributed by atoms with van der Waals surface area (Å²) in [4.78, 5) is 23.7. The number of nitrogens with one attached hydrogen (secondary N) is 2. The third-order valence-electron chi connectivity index (χ3n) is 3.29. The molecule has 2 amide bonds. The van der Waals surface area contributed by atoms with Gasteiger partial charge in [-0.25, -0.2) is 0 Å². The number of halogens is 2. The van der Waals surface area contributed by atoms with Crippen molar-refractivity contribution in [1.82, 2.24) is 10.9 Å². The average molecular weight is 363 g/mol. The Morgan fingerprint density at radius 2 is 1.71 bits per heavy atom. The maximum absolute atomic E-state index is 11.9. The lowest BCUT2D eigenvalue weighted by Crippen LogP contribution is -2.40. The van der Waals surface area contributed by atoms with Gasteiger partial charge < -0.3 is 0 Å². The van der Waals surface area contributed by atoms with Crippen LogP contribution in [0.4, 0.5) is 0 Å². The highest BCUT2D eigenvalue weighted by atomic mass is 35.5. The molecule has 24 heavy (non-hydrogen) atoms. The molecule has 0 aliphatic carbocycles. The monoisotopic (exact) mass is 362 g/mol. The Bertz CT molecular complexity index is 771. The van der Waals surface area contributed by atoms with Gasteiger partial charge in [-0.2, -0.15) is 0 Å². The molecule has 2 rings (SSSR count). The van der Waals surface area contributed by atoms with E-state index < -0.39 is 5.91 Å². The summed E-state index contributed by atoms with van der Waals surface area (Å²) in [5.74, 6) is -0.839. The standard InChI is InChI=1S/C18H16Cl2N2O2/c1-2-12-3-7-14(8-4-12)18(24)22-21-17(23)10-6-13-5-9-15(19)16(20)11-13/h3-11H,2H2,1H3,(H,21,23)(H,22,24)/b10-6+. The zero-order valence-electron chi connectivity index (χ0n) is 13.0. The molecule has 2 N–H and O–H groups in total. The number of aryl methyl sites for hydroxylation is 1. The molecule has 0 aromatic heterocycles. The second kappa shape index (κ2) is 8.52. The molecule has 0 fully saturated rings. The van der Waals surface area contributed by atoms with Crippen LogP contribution in [-0.2, 0) is 11.2 Å². The molecule has 4 nitrogen and oxygen atoms in total. The molecular weight excluding hydrogens is 347 g/mol. The molecule has 0 spiro atoms. The summed E-state index contributed by atoms with van der Waals surface area (Å²) in [6.45, 7) is 2.04. The van der Waals surface area contributed by atoms with E-state index in [0.717, 1.165) is 17.5 Å². The fourth-order valence-corrected chi connectivity index (χ4v) is 2.22. The van der Waals surface area contributed by atoms with Crippen molar-refractivity contribution in [2.24, 2.45) is 0 Å². The van der Waals surface area contributed by atoms with E-state index in [1.54, 1.807) is 36.4 Å². The van der Waals surface area contributed by atoms with Crippen molar-refractivity contribution in [3.05, 3.63) is 75.3 Å². The molecule has 0 saturated heterocycles. The van der Waals surface area contributed by atoms with Crippen molar-refractivity contribution < 1.29 is 9.59 Å². The zero-order chi connectivity index (χ0) is 17.5. The van der Waals surface area contributed by atoms with Crippen molar-refractivity contribution in [2.75, 3.05) is 0 Å². The first-order chi connectivity index (χ1) is 11.5. The van der Waals surface area contributed by atoms with Gasteiger partial charge in [-0.3, -0.25) is 20.4 Å². The fraction of sp³-hybridized carbons (Fsp3) is 0.111. The van der Waals surface area contributed by atoms with Crippen molar-refractivity contribution >= 4 is 41.1 Å². The van der Waals surface area contributed by atoms with E-state index >= 15 is 0 Å². The molecule has 6 heteroatoms. The molecule has 2 aromatic carbocycles. The smallest absolute Gasteiger partial charge is 0.268 e. The fourth-order valence-electron chi connectivity index (χ4n) is 1.91. The van der Waals surface area contributed by atoms with Gasteiger partial charge in [-0.1, -0.05) is 48.3 Å². The van der Waals surface area contributed by atoms with E-state index in [9.17, 15) is 9.59 Å². The van der Waals surface area contributed by atoms with E-state index in [1.807, 2.05) is 19.1 Å². The first-order valence-electron chi connectivity index (χ1n) is 7.32. The third kappa shape index (κ3) is 5.11. The van der Waals surface area contributed by atoms with E-state index in [1.165, 1.54) is 6.08 Å². The molecule has 0 bridgehead atoms. The number of carbonyl (C=O) groups is 2. The predicted molar refractivity (Wildman–Crippen MR) is 96.9 cm³/mol. The minimum Gasteiger partial charge on any atom is -0.268 e. The van der Waals surface area contributed by atoms with Crippen molar-refractivity contribution in [3.63, 3.8) is 0 Å². The Labute approximate surface area is 150 Å². The second-order valence-electron chi connectivity index (χ2n) is 5.00. The highest BCUT2D eigenvalue weighted by Gasteiger charge is 2.05. The summed E-state index contributed by atoms with van der Waals surface area (Å²) in [7, 11) is 0. The van der Waals surface area contributed by atoms with E-state index in [2.05, 4.69) is 10.9 Å². The Kier molecular flexibility index (Phi) is 6.41. The normalized spacial score (nSPS) is 10.6. The van der Waals surface area contributed by atoms with Crippen LogP contribution in [0.1, 0.15) is 28.4 Å². The number of hydrazine groups is 1. The van der Waals surface area contributed by atoms with E-state index in [0.29, 0.717) is 15.6 Å². The third-order valence-corrected chi connectivity index (χ3v) is 4.03. The van der Waals surface area contributed by atoms with Gasteiger partial charge in [-0.15, -0.1) is 0 Å². The molecule has 0 unspecified atom stereocenters. The molecule has 0 saturated carbocycles. The van der Waals surface area contributed by atoms with Crippen LogP contribution in [0.2, 0.25) is 10.0 Å². The topological polar surface area (TPSA) is 58.2 Å². The summed E-state index contributed by atoms with van der Waals surface area (Å²) in [6.07, 6.45) is 3.76. The summed E-state index contributed by atoms with van der Waals surface area (Å²) < 4.78 is 0. The van der Waals surface area contributed by atoms with Gasteiger partial charge in [-0.05, 0) is 47.9 Å². The Balaban J connectivity index is 1.88. The van der Waals surface area contributed by atoms with Crippen molar-refractivity contribution in [1.29, 1.82) is 0 Å². The summed E-state index contributed by atoms with van der Waals surface area (Å²) in [6, 6.07) is 12.2. The highest BCUT2D eigenvalue weighted by Crippen LogP contribution is 2.23. The average Bonchev–Trinajstić information content (AvgIpc) is 2.60. The van der Waals surface area contributed by atoms with Gasteiger partial charge in [0, 0.05) is 11.6 Å². The predicted octanol–water partition coefficient (Wildman–Crippen LogP) is 4.03. The molecule has 0 aliphatic rings. The van der Waals surface area contributed by atoms with Crippen LogP contribution in [0.5, 0.6) is 0 Å². The van der Waals surface area contributed by atoms with Crippen LogP contribution in [0.25, 0.3) is 6.08 Å². The van der Waals surface area contributed by atoms with E-state index in [-0.39, 0.29) is 5.91 Å². The SMILES string of the molecule is CCc1ccc(C(=O)NNC(=O)/C=C/c2ccc(Cl)c(Cl)c2)cc1. The van der Waals surface area contributed by atoms with Gasteiger partial charge in [0.1, 0.15) is 0 Å². The highest BCUT2D eigenvalue weighted by molar-refractivity contribution is 6.42. The number of benzene rings is 2. The molecular formula is C18H16Cl2N2O2. The molecule has 124 valence electrons. The molecule has 0 heterocycles. The second-order valence-corrected chi connectivity index (χ2v) is 5.82. The summed E-state index contributed by atoms with van der Waals surface area (Å²) in [5, 5.41) is 0.850. The number of hydrogen-bond donors (Lipinski definition) is 2. The Hall–Kier alpha value is -2.30. The van der Waals surface area contributed by atoms with Gasteiger partial charge in [0.25, 0.3) is 11.8 Å². The molecule has 2 aromatic rings. The molecule has 0 radical (unpaired) electrons. The number of rotatable bonds is 4. The van der Waals surface area contributed by atoms with Crippen LogP contribution < -0.4 is 10.9 Å². The lowest BCUT2D eigenvalue weighted by atomic mass is 10.1. The van der Waals surface area contributed by atoms with E-state index in [4.69, 9.17) is 23.2 Å². The minimum atomic E-state index is -0.459. The van der Waals surface area contributed by atoms with Crippen LogP contribution in [0.15, 0.2) is 48.5 Å². The quantitative estimate of drug-likeness (QED) is 0.637. The number of hydrogen-bond acceptors (Lipinski definition) is 2. The lowest BCUT2D eigenvalue weighted by molar-refractivity contribution is -0.117. The Morgan fingerprint density at radius 1 is 1.00 bits per heavy atom. The largest absolute Gasteiger partial charge is 0.269 e. The first-order valence-corrected chi connectivity index (χ1v) is 8.07. The van der Waals surface area contributed by atoms with Gasteiger partial charge in [0.15, 0.2) is 0 Å². The summed E-state index contributed by atoms with van der Waals surface area (Å²) >= 11 is 11.7. The van der Waals surface area contributed by atoms with Crippen LogP contribution in [0, 0.1) is 0 Å².